The smallest absolute Gasteiger partial charge is 0.148 e. The molecule has 0 unspecified atom stereocenters. The number of nitrogen functional groups attached to an aromatic ring is 1. The number of hydrogen-bond donors (Lipinski definition) is 3. The molecule has 4 N–H and O–H groups in total. The van der Waals surface area contributed by atoms with E-state index in [9.17, 15) is 4.39 Å². The molecule has 0 fully saturated rings. The van der Waals surface area contributed by atoms with E-state index >= 15 is 0 Å². The Bertz CT molecular complexity index is 565. The fourth-order valence-electron chi connectivity index (χ4n) is 1.89. The minimum Gasteiger partial charge on any atom is -0.337 e. The summed E-state index contributed by atoms with van der Waals surface area (Å²) in [5.74, 6) is 6.18. The van der Waals surface area contributed by atoms with Crippen molar-refractivity contribution >= 4 is 17.3 Å². The van der Waals surface area contributed by atoms with Crippen molar-refractivity contribution in [2.24, 2.45) is 5.84 Å². The van der Waals surface area contributed by atoms with Crippen LogP contribution in [0.3, 0.4) is 0 Å². The van der Waals surface area contributed by atoms with Crippen LogP contribution < -0.4 is 16.6 Å². The summed E-state index contributed by atoms with van der Waals surface area (Å²) in [5, 5.41) is 3.01. The lowest BCUT2D eigenvalue weighted by atomic mass is 10.1. The van der Waals surface area contributed by atoms with Crippen LogP contribution in [0.1, 0.15) is 18.1 Å². The number of hydrazine groups is 1. The van der Waals surface area contributed by atoms with Gasteiger partial charge in [0.05, 0.1) is 5.69 Å². The molecule has 0 amide bonds. The standard InChI is InChI=1S/C13H16FN5/c1-3-9-12(16-7-17-13(9)19-15)18-11-8(2)5-4-6-10(11)14/h4-7H,3,15H2,1-2H3,(H2,16,17,18,19). The van der Waals surface area contributed by atoms with E-state index < -0.39 is 0 Å². The van der Waals surface area contributed by atoms with Crippen molar-refractivity contribution in [3.05, 3.63) is 41.5 Å². The second-order valence-corrected chi connectivity index (χ2v) is 4.10. The highest BCUT2D eigenvalue weighted by molar-refractivity contribution is 5.67. The van der Waals surface area contributed by atoms with Gasteiger partial charge in [-0.15, -0.1) is 0 Å². The van der Waals surface area contributed by atoms with E-state index in [0.717, 1.165) is 11.1 Å². The number of aromatic nitrogens is 2. The molecule has 1 heterocycles. The van der Waals surface area contributed by atoms with Crippen LogP contribution in [0.5, 0.6) is 0 Å². The van der Waals surface area contributed by atoms with E-state index in [4.69, 9.17) is 5.84 Å². The highest BCUT2D eigenvalue weighted by atomic mass is 19.1. The third-order valence-electron chi connectivity index (χ3n) is 2.90. The first-order valence-electron chi connectivity index (χ1n) is 6.00. The average molecular weight is 261 g/mol. The molecule has 0 saturated heterocycles. The molecule has 0 aliphatic heterocycles. The van der Waals surface area contributed by atoms with Gasteiger partial charge < -0.3 is 10.7 Å². The number of nitrogens with zero attached hydrogens (tertiary/aromatic N) is 2. The van der Waals surface area contributed by atoms with Crippen molar-refractivity contribution < 1.29 is 4.39 Å². The second-order valence-electron chi connectivity index (χ2n) is 4.10. The highest BCUT2D eigenvalue weighted by Crippen LogP contribution is 2.27. The summed E-state index contributed by atoms with van der Waals surface area (Å²) in [6.07, 6.45) is 2.06. The normalized spacial score (nSPS) is 10.3. The molecule has 2 aromatic rings. The van der Waals surface area contributed by atoms with Crippen molar-refractivity contribution in [3.63, 3.8) is 0 Å². The maximum atomic E-state index is 13.8. The number of hydrogen-bond acceptors (Lipinski definition) is 5. The number of nitrogens with one attached hydrogen (secondary N) is 2. The third kappa shape index (κ3) is 2.63. The van der Waals surface area contributed by atoms with Crippen LogP contribution in [0, 0.1) is 12.7 Å². The number of aryl methyl sites for hydroxylation is 1. The fourth-order valence-corrected chi connectivity index (χ4v) is 1.89. The lowest BCUT2D eigenvalue weighted by Crippen LogP contribution is -2.13. The molecule has 19 heavy (non-hydrogen) atoms. The predicted molar refractivity (Wildman–Crippen MR) is 73.6 cm³/mol. The molecule has 0 spiro atoms. The van der Waals surface area contributed by atoms with Crippen molar-refractivity contribution in [2.75, 3.05) is 10.7 Å². The lowest BCUT2D eigenvalue weighted by molar-refractivity contribution is 0.630. The van der Waals surface area contributed by atoms with E-state index in [-0.39, 0.29) is 5.82 Å². The number of halogens is 1. The van der Waals surface area contributed by atoms with Crippen LogP contribution in [0.25, 0.3) is 0 Å². The SMILES string of the molecule is CCc1c(NN)ncnc1Nc1c(C)cccc1F. The third-order valence-corrected chi connectivity index (χ3v) is 2.90. The topological polar surface area (TPSA) is 75.9 Å². The number of benzene rings is 1. The molecule has 0 bridgehead atoms. The minimum atomic E-state index is -0.317. The zero-order valence-corrected chi connectivity index (χ0v) is 10.9. The lowest BCUT2D eigenvalue weighted by Gasteiger charge is -2.14. The van der Waals surface area contributed by atoms with Crippen LogP contribution in [-0.4, -0.2) is 9.97 Å². The van der Waals surface area contributed by atoms with Crippen LogP contribution in [0.15, 0.2) is 24.5 Å². The van der Waals surface area contributed by atoms with Gasteiger partial charge in [-0.25, -0.2) is 20.2 Å². The molecule has 100 valence electrons. The average Bonchev–Trinajstić information content (AvgIpc) is 2.42. The van der Waals surface area contributed by atoms with E-state index in [1.807, 2.05) is 19.9 Å². The van der Waals surface area contributed by atoms with Crippen LogP contribution in [0.2, 0.25) is 0 Å². The molecule has 0 atom stereocenters. The van der Waals surface area contributed by atoms with E-state index in [1.54, 1.807) is 6.07 Å². The van der Waals surface area contributed by atoms with Crippen molar-refractivity contribution in [2.45, 2.75) is 20.3 Å². The molecule has 5 nitrogen and oxygen atoms in total. The summed E-state index contributed by atoms with van der Waals surface area (Å²) in [4.78, 5) is 8.19. The molecule has 6 heteroatoms. The summed E-state index contributed by atoms with van der Waals surface area (Å²) < 4.78 is 13.8. The zero-order valence-electron chi connectivity index (χ0n) is 10.9. The molecule has 1 aromatic heterocycles. The van der Waals surface area contributed by atoms with Gasteiger partial charge in [-0.1, -0.05) is 19.1 Å². The van der Waals surface area contributed by atoms with Gasteiger partial charge in [0.15, 0.2) is 0 Å². The summed E-state index contributed by atoms with van der Waals surface area (Å²) in [5.41, 5.74) is 4.55. The molecule has 0 aliphatic carbocycles. The van der Waals surface area contributed by atoms with Crippen LogP contribution in [-0.2, 0) is 6.42 Å². The quantitative estimate of drug-likeness (QED) is 0.582. The molecule has 2 rings (SSSR count). The first-order chi connectivity index (χ1) is 9.17. The van der Waals surface area contributed by atoms with Gasteiger partial charge in [-0.3, -0.25) is 0 Å². The number of para-hydroxylation sites is 1. The number of anilines is 3. The fraction of sp³-hybridized carbons (Fsp3) is 0.231. The van der Waals surface area contributed by atoms with Crippen LogP contribution in [0.4, 0.5) is 21.7 Å². The Kier molecular flexibility index (Phi) is 3.91. The monoisotopic (exact) mass is 261 g/mol. The van der Waals surface area contributed by atoms with E-state index in [1.165, 1.54) is 12.4 Å². The van der Waals surface area contributed by atoms with Gasteiger partial charge in [-0.2, -0.15) is 0 Å². The Hall–Kier alpha value is -2.21. The Morgan fingerprint density at radius 1 is 1.26 bits per heavy atom. The Morgan fingerprint density at radius 2 is 2.00 bits per heavy atom. The molecular formula is C13H16FN5. The predicted octanol–water partition coefficient (Wildman–Crippen LogP) is 2.52. The largest absolute Gasteiger partial charge is 0.337 e. The first-order valence-corrected chi connectivity index (χ1v) is 6.00. The molecular weight excluding hydrogens is 245 g/mol. The van der Waals surface area contributed by atoms with Crippen LogP contribution >= 0.6 is 0 Å². The van der Waals surface area contributed by atoms with Gasteiger partial charge in [0.2, 0.25) is 0 Å². The summed E-state index contributed by atoms with van der Waals surface area (Å²) in [7, 11) is 0. The number of nitrogens with two attached hydrogens (primary N) is 1. The highest BCUT2D eigenvalue weighted by Gasteiger charge is 2.12. The minimum absolute atomic E-state index is 0.317. The van der Waals surface area contributed by atoms with Gasteiger partial charge >= 0.3 is 0 Å². The van der Waals surface area contributed by atoms with Gasteiger partial charge in [-0.05, 0) is 25.0 Å². The summed E-state index contributed by atoms with van der Waals surface area (Å²) in [6.45, 7) is 3.79. The van der Waals surface area contributed by atoms with Crippen molar-refractivity contribution in [1.82, 2.24) is 9.97 Å². The molecule has 0 aliphatic rings. The van der Waals surface area contributed by atoms with E-state index in [2.05, 4.69) is 20.7 Å². The number of rotatable bonds is 4. The summed E-state index contributed by atoms with van der Waals surface area (Å²) >= 11 is 0. The Morgan fingerprint density at radius 3 is 2.63 bits per heavy atom. The first kappa shape index (κ1) is 13.2. The molecule has 0 saturated carbocycles. The zero-order chi connectivity index (χ0) is 13.8. The van der Waals surface area contributed by atoms with Crippen molar-refractivity contribution in [3.8, 4) is 0 Å². The van der Waals surface area contributed by atoms with Gasteiger partial charge in [0, 0.05) is 5.56 Å². The molecule has 0 radical (unpaired) electrons. The Labute approximate surface area is 111 Å². The van der Waals surface area contributed by atoms with Crippen molar-refractivity contribution in [1.29, 1.82) is 0 Å². The van der Waals surface area contributed by atoms with Gasteiger partial charge in [0.25, 0.3) is 0 Å². The Balaban J connectivity index is 2.44. The second kappa shape index (κ2) is 5.62. The van der Waals surface area contributed by atoms with Gasteiger partial charge in [0.1, 0.15) is 23.8 Å². The maximum Gasteiger partial charge on any atom is 0.148 e. The summed E-state index contributed by atoms with van der Waals surface area (Å²) in [6, 6.07) is 4.91. The van der Waals surface area contributed by atoms with E-state index in [0.29, 0.717) is 23.7 Å². The maximum absolute atomic E-state index is 13.8. The molecule has 1 aromatic carbocycles.